The molecule has 1 N–H and O–H groups in total. The largest absolute Gasteiger partial charge is 0.336 e. The van der Waals surface area contributed by atoms with E-state index in [0.29, 0.717) is 6.54 Å². The molecule has 2 rings (SSSR count). The first-order valence-electron chi connectivity index (χ1n) is 8.19. The van der Waals surface area contributed by atoms with E-state index in [2.05, 4.69) is 5.32 Å². The maximum atomic E-state index is 12.2. The van der Waals surface area contributed by atoms with Crippen LogP contribution in [0.25, 0.3) is 0 Å². The van der Waals surface area contributed by atoms with Gasteiger partial charge >= 0.3 is 4.87 Å². The van der Waals surface area contributed by atoms with Gasteiger partial charge in [-0.25, -0.2) is 0 Å². The third-order valence-corrected chi connectivity index (χ3v) is 4.89. The molecule has 0 aliphatic rings. The third-order valence-electron chi connectivity index (χ3n) is 4.00. The molecule has 6 nitrogen and oxygen atoms in total. The number of rotatable bonds is 7. The number of aromatic nitrogens is 1. The first-order valence-corrected chi connectivity index (χ1v) is 9.07. The van der Waals surface area contributed by atoms with E-state index >= 15 is 0 Å². The van der Waals surface area contributed by atoms with Crippen LogP contribution in [0.1, 0.15) is 24.6 Å². The van der Waals surface area contributed by atoms with Crippen LogP contribution in [0.15, 0.2) is 34.4 Å². The highest BCUT2D eigenvalue weighted by Crippen LogP contribution is 2.15. The molecule has 0 spiro atoms. The van der Waals surface area contributed by atoms with Gasteiger partial charge in [-0.15, -0.1) is 0 Å². The topological polar surface area (TPSA) is 71.4 Å². The molecule has 1 heterocycles. The SMILES string of the molecule is CCc1ccccc1NC(=O)CN(C)C(=O)CCn1c(C)csc1=O. The summed E-state index contributed by atoms with van der Waals surface area (Å²) in [7, 11) is 1.59. The number of benzene rings is 1. The molecule has 0 atom stereocenters. The van der Waals surface area contributed by atoms with Crippen molar-refractivity contribution in [2.45, 2.75) is 33.2 Å². The molecule has 0 radical (unpaired) electrons. The second-order valence-corrected chi connectivity index (χ2v) is 6.67. The minimum Gasteiger partial charge on any atom is -0.336 e. The first-order chi connectivity index (χ1) is 11.9. The quantitative estimate of drug-likeness (QED) is 0.822. The van der Waals surface area contributed by atoms with Crippen molar-refractivity contribution in [3.63, 3.8) is 0 Å². The molecular weight excluding hydrogens is 338 g/mol. The lowest BCUT2D eigenvalue weighted by atomic mass is 10.1. The number of thiazole rings is 1. The Morgan fingerprint density at radius 1 is 1.28 bits per heavy atom. The highest BCUT2D eigenvalue weighted by atomic mass is 32.1. The monoisotopic (exact) mass is 361 g/mol. The lowest BCUT2D eigenvalue weighted by Gasteiger charge is -2.18. The Hall–Kier alpha value is -2.41. The van der Waals surface area contributed by atoms with E-state index in [4.69, 9.17) is 0 Å². The number of aryl methyl sites for hydroxylation is 2. The van der Waals surface area contributed by atoms with Crippen LogP contribution in [0.2, 0.25) is 0 Å². The van der Waals surface area contributed by atoms with Crippen molar-refractivity contribution in [2.75, 3.05) is 18.9 Å². The smallest absolute Gasteiger partial charge is 0.307 e. The fourth-order valence-corrected chi connectivity index (χ4v) is 3.28. The summed E-state index contributed by atoms with van der Waals surface area (Å²) in [6.45, 7) is 4.17. The number of nitrogens with one attached hydrogen (secondary N) is 1. The zero-order valence-electron chi connectivity index (χ0n) is 14.7. The van der Waals surface area contributed by atoms with Gasteiger partial charge in [-0.2, -0.15) is 0 Å². The summed E-state index contributed by atoms with van der Waals surface area (Å²) < 4.78 is 1.58. The Morgan fingerprint density at radius 2 is 2.00 bits per heavy atom. The fourth-order valence-electron chi connectivity index (χ4n) is 2.52. The van der Waals surface area contributed by atoms with E-state index in [-0.39, 0.29) is 29.7 Å². The highest BCUT2D eigenvalue weighted by Gasteiger charge is 2.15. The van der Waals surface area contributed by atoms with Crippen LogP contribution in [0, 0.1) is 6.92 Å². The van der Waals surface area contributed by atoms with Gasteiger partial charge in [0, 0.05) is 36.8 Å². The average molecular weight is 361 g/mol. The second-order valence-electron chi connectivity index (χ2n) is 5.85. The van der Waals surface area contributed by atoms with E-state index in [1.165, 1.54) is 4.90 Å². The van der Waals surface area contributed by atoms with E-state index in [9.17, 15) is 14.4 Å². The summed E-state index contributed by atoms with van der Waals surface area (Å²) in [4.78, 5) is 37.4. The van der Waals surface area contributed by atoms with E-state index in [1.807, 2.05) is 38.1 Å². The number of para-hydroxylation sites is 1. The van der Waals surface area contributed by atoms with Crippen LogP contribution in [0.3, 0.4) is 0 Å². The summed E-state index contributed by atoms with van der Waals surface area (Å²) >= 11 is 1.12. The number of carbonyl (C=O) groups is 2. The van der Waals surface area contributed by atoms with Crippen molar-refractivity contribution < 1.29 is 9.59 Å². The molecule has 25 heavy (non-hydrogen) atoms. The molecule has 1 aromatic carbocycles. The minimum absolute atomic E-state index is 0.0194. The van der Waals surface area contributed by atoms with E-state index in [1.54, 1.807) is 17.0 Å². The molecule has 7 heteroatoms. The van der Waals surface area contributed by atoms with Crippen molar-refractivity contribution in [2.24, 2.45) is 0 Å². The molecule has 0 unspecified atom stereocenters. The van der Waals surface area contributed by atoms with Gasteiger partial charge in [0.05, 0.1) is 6.54 Å². The lowest BCUT2D eigenvalue weighted by molar-refractivity contribution is -0.133. The Balaban J connectivity index is 1.88. The molecule has 0 aliphatic carbocycles. The normalized spacial score (nSPS) is 10.5. The van der Waals surface area contributed by atoms with Crippen molar-refractivity contribution >= 4 is 28.8 Å². The average Bonchev–Trinajstić information content (AvgIpc) is 2.91. The van der Waals surface area contributed by atoms with Crippen LogP contribution in [0.5, 0.6) is 0 Å². The van der Waals surface area contributed by atoms with Gasteiger partial charge in [-0.05, 0) is 25.0 Å². The van der Waals surface area contributed by atoms with Gasteiger partial charge in [0.2, 0.25) is 11.8 Å². The standard InChI is InChI=1S/C18H23N3O3S/c1-4-14-7-5-6-8-15(14)19-16(22)11-20(3)17(23)9-10-21-13(2)12-25-18(21)24/h5-8,12H,4,9-11H2,1-3H3,(H,19,22). The molecule has 0 saturated heterocycles. The Labute approximate surface area is 151 Å². The molecule has 134 valence electrons. The van der Waals surface area contributed by atoms with Crippen molar-refractivity contribution in [3.8, 4) is 0 Å². The number of carbonyl (C=O) groups excluding carboxylic acids is 2. The van der Waals surface area contributed by atoms with Gasteiger partial charge in [-0.1, -0.05) is 36.5 Å². The van der Waals surface area contributed by atoms with Crippen molar-refractivity contribution in [1.29, 1.82) is 0 Å². The van der Waals surface area contributed by atoms with Crippen LogP contribution in [-0.4, -0.2) is 34.9 Å². The Bertz CT molecular complexity index is 810. The van der Waals surface area contributed by atoms with Crippen LogP contribution < -0.4 is 10.2 Å². The van der Waals surface area contributed by atoms with Crippen molar-refractivity contribution in [1.82, 2.24) is 9.47 Å². The van der Waals surface area contributed by atoms with Gasteiger partial charge in [0.25, 0.3) is 0 Å². The van der Waals surface area contributed by atoms with E-state index < -0.39 is 0 Å². The summed E-state index contributed by atoms with van der Waals surface area (Å²) in [6.07, 6.45) is 1.01. The lowest BCUT2D eigenvalue weighted by Crippen LogP contribution is -2.35. The van der Waals surface area contributed by atoms with E-state index in [0.717, 1.165) is 34.7 Å². The van der Waals surface area contributed by atoms with Crippen LogP contribution >= 0.6 is 11.3 Å². The molecule has 0 bridgehead atoms. The zero-order valence-corrected chi connectivity index (χ0v) is 15.6. The molecule has 2 amide bonds. The molecule has 0 aliphatic heterocycles. The Morgan fingerprint density at radius 3 is 2.64 bits per heavy atom. The van der Waals surface area contributed by atoms with Gasteiger partial charge in [0.15, 0.2) is 0 Å². The number of amides is 2. The number of hydrogen-bond acceptors (Lipinski definition) is 4. The third kappa shape index (κ3) is 5.03. The van der Waals surface area contributed by atoms with Gasteiger partial charge < -0.3 is 14.8 Å². The highest BCUT2D eigenvalue weighted by molar-refractivity contribution is 7.07. The summed E-state index contributed by atoms with van der Waals surface area (Å²) in [6, 6.07) is 7.61. The van der Waals surface area contributed by atoms with Crippen molar-refractivity contribution in [3.05, 3.63) is 50.6 Å². The molecule has 0 fully saturated rings. The summed E-state index contributed by atoms with van der Waals surface area (Å²) in [5.74, 6) is -0.406. The molecule has 0 saturated carbocycles. The van der Waals surface area contributed by atoms with Crippen LogP contribution in [-0.2, 0) is 22.6 Å². The maximum Gasteiger partial charge on any atom is 0.307 e. The Kier molecular flexibility index (Phi) is 6.52. The summed E-state index contributed by atoms with van der Waals surface area (Å²) in [5, 5.41) is 4.62. The zero-order chi connectivity index (χ0) is 18.4. The molecule has 1 aromatic heterocycles. The first kappa shape index (κ1) is 18.9. The second kappa shape index (κ2) is 8.62. The van der Waals surface area contributed by atoms with Gasteiger partial charge in [0.1, 0.15) is 0 Å². The minimum atomic E-state index is -0.236. The predicted molar refractivity (Wildman–Crippen MR) is 100 cm³/mol. The molecule has 2 aromatic rings. The summed E-state index contributed by atoms with van der Waals surface area (Å²) in [5.41, 5.74) is 2.67. The number of anilines is 1. The fraction of sp³-hybridized carbons (Fsp3) is 0.389. The van der Waals surface area contributed by atoms with Gasteiger partial charge in [-0.3, -0.25) is 14.4 Å². The number of nitrogens with zero attached hydrogens (tertiary/aromatic N) is 2. The maximum absolute atomic E-state index is 12.2. The predicted octanol–water partition coefficient (Wildman–Crippen LogP) is 2.27. The number of likely N-dealkylation sites (N-methyl/N-ethyl adjacent to an activating group) is 1. The van der Waals surface area contributed by atoms with Crippen LogP contribution in [0.4, 0.5) is 5.69 Å². The molecular formula is C18H23N3O3S. The number of hydrogen-bond donors (Lipinski definition) is 1.